The second kappa shape index (κ2) is 21.8. The largest absolute Gasteiger partial charge is 0.400 e. The Balaban J connectivity index is 3.69. The molecule has 7 heteroatoms. The van der Waals surface area contributed by atoms with Gasteiger partial charge in [0.2, 0.25) is 0 Å². The number of hydrogen-bond acceptors (Lipinski definition) is 5. The van der Waals surface area contributed by atoms with Crippen LogP contribution in [0.4, 0.5) is 0 Å². The maximum absolute atomic E-state index is 12.2. The molecule has 36 heavy (non-hydrogen) atoms. The molecule has 0 aromatic carbocycles. The van der Waals surface area contributed by atoms with Crippen LogP contribution in [0.15, 0.2) is 0 Å². The van der Waals surface area contributed by atoms with Gasteiger partial charge in [0.05, 0.1) is 0 Å². The summed E-state index contributed by atoms with van der Waals surface area (Å²) >= 11 is 0. The molecule has 0 aliphatic rings. The zero-order chi connectivity index (χ0) is 27.3. The molecule has 216 valence electrons. The maximum atomic E-state index is 12.2. The van der Waals surface area contributed by atoms with E-state index in [-0.39, 0.29) is 10.1 Å². The van der Waals surface area contributed by atoms with E-state index in [1.54, 1.807) is 28.4 Å². The summed E-state index contributed by atoms with van der Waals surface area (Å²) in [5.41, 5.74) is 0. The molecule has 0 aromatic heterocycles. The van der Waals surface area contributed by atoms with Gasteiger partial charge in [0.25, 0.3) is 0 Å². The van der Waals surface area contributed by atoms with E-state index in [1.807, 2.05) is 0 Å². The predicted octanol–water partition coefficient (Wildman–Crippen LogP) is 8.16. The summed E-state index contributed by atoms with van der Waals surface area (Å²) in [6.07, 6.45) is 20.8. The van der Waals surface area contributed by atoms with Crippen molar-refractivity contribution in [3.05, 3.63) is 0 Å². The zero-order valence-corrected chi connectivity index (χ0v) is 27.7. The van der Waals surface area contributed by atoms with Crippen LogP contribution in [0.25, 0.3) is 0 Å². The van der Waals surface area contributed by atoms with Crippen molar-refractivity contribution in [1.82, 2.24) is 0 Å². The van der Waals surface area contributed by atoms with E-state index in [1.165, 1.54) is 77.0 Å². The maximum Gasteiger partial charge on any atom is 0.327 e. The van der Waals surface area contributed by atoms with Gasteiger partial charge in [0, 0.05) is 51.4 Å². The first-order chi connectivity index (χ1) is 17.3. The van der Waals surface area contributed by atoms with Crippen LogP contribution in [0.2, 0.25) is 10.1 Å². The third-order valence-corrected chi connectivity index (χ3v) is 13.9. The summed E-state index contributed by atoms with van der Waals surface area (Å²) in [4.78, 5) is 12.2. The van der Waals surface area contributed by atoms with Gasteiger partial charge >= 0.3 is 18.6 Å². The Morgan fingerprint density at radius 2 is 0.806 bits per heavy atom. The molecule has 0 rings (SSSR count). The van der Waals surface area contributed by atoms with Gasteiger partial charge in [0.1, 0.15) is 5.78 Å². The van der Waals surface area contributed by atoms with Gasteiger partial charge in [-0.3, -0.25) is 4.79 Å². The van der Waals surface area contributed by atoms with Crippen LogP contribution in [-0.4, -0.2) is 52.8 Å². The van der Waals surface area contributed by atoms with Crippen molar-refractivity contribution in [2.24, 2.45) is 0 Å². The predicted molar refractivity (Wildman–Crippen MR) is 159 cm³/mol. The fourth-order valence-corrected chi connectivity index (χ4v) is 9.70. The molecule has 0 fully saturated rings. The Labute approximate surface area is 228 Å². The smallest absolute Gasteiger partial charge is 0.327 e. The summed E-state index contributed by atoms with van der Waals surface area (Å²) in [6, 6.07) is 0. The van der Waals surface area contributed by atoms with Gasteiger partial charge in [-0.25, -0.2) is 0 Å². The molecule has 0 radical (unpaired) electrons. The summed E-state index contributed by atoms with van der Waals surface area (Å²) < 4.78 is 22.6. The highest BCUT2D eigenvalue weighted by Gasteiger charge is 2.36. The lowest BCUT2D eigenvalue weighted by molar-refractivity contribution is -0.119. The van der Waals surface area contributed by atoms with Crippen LogP contribution in [0.5, 0.6) is 0 Å². The minimum absolute atomic E-state index is 0.228. The van der Waals surface area contributed by atoms with Gasteiger partial charge in [-0.15, -0.1) is 0 Å². The number of Topliss-reactive ketones (excluding diaryl/α,β-unsaturated/α-hetero) is 1. The molecule has 0 saturated carbocycles. The molecule has 0 heterocycles. The monoisotopic (exact) mass is 546 g/mol. The van der Waals surface area contributed by atoms with E-state index >= 15 is 0 Å². The highest BCUT2D eigenvalue weighted by atomic mass is 28.3. The number of rotatable bonds is 26. The van der Waals surface area contributed by atoms with Crippen LogP contribution >= 0.6 is 0 Å². The normalized spacial score (nSPS) is 15.4. The van der Waals surface area contributed by atoms with Gasteiger partial charge < -0.3 is 17.7 Å². The minimum Gasteiger partial charge on any atom is -0.400 e. The van der Waals surface area contributed by atoms with Crippen molar-refractivity contribution < 1.29 is 22.5 Å². The Morgan fingerprint density at radius 3 is 1.08 bits per heavy atom. The van der Waals surface area contributed by atoms with Crippen molar-refractivity contribution in [3.63, 3.8) is 0 Å². The van der Waals surface area contributed by atoms with E-state index in [2.05, 4.69) is 27.7 Å². The number of unbranched alkanes of at least 4 members (excludes halogenated alkanes) is 10. The summed E-state index contributed by atoms with van der Waals surface area (Å²) in [7, 11) is 4.01. The molecule has 2 atom stereocenters. The van der Waals surface area contributed by atoms with E-state index in [0.717, 1.165) is 38.5 Å². The van der Waals surface area contributed by atoms with Crippen molar-refractivity contribution in [2.75, 3.05) is 28.4 Å². The topological polar surface area (TPSA) is 54.0 Å². The lowest BCUT2D eigenvalue weighted by Gasteiger charge is -2.33. The van der Waals surface area contributed by atoms with Gasteiger partial charge in [0.15, 0.2) is 0 Å². The first kappa shape index (κ1) is 35.9. The second-order valence-electron chi connectivity index (χ2n) is 11.4. The third kappa shape index (κ3) is 14.8. The molecule has 0 amide bonds. The van der Waals surface area contributed by atoms with Crippen molar-refractivity contribution >= 4 is 24.4 Å². The standard InChI is InChI=1S/C29H62O5Si2/c1-9-28(3,35(31-5)32-6)25-21-17-13-11-15-19-23-27(30)24-20-16-12-14-18-22-26-29(4,10-2)36(33-7)34-8/h35-36H,9-26H2,1-8H3. The Hall–Kier alpha value is -0.0562. The summed E-state index contributed by atoms with van der Waals surface area (Å²) in [5.74, 6) is 0.470. The fourth-order valence-electron chi connectivity index (χ4n) is 5.49. The minimum atomic E-state index is -1.58. The number of carbonyl (C=O) groups excluding carboxylic acids is 1. The van der Waals surface area contributed by atoms with Crippen molar-refractivity contribution in [1.29, 1.82) is 0 Å². The SMILES string of the molecule is CCC(C)(CCCCCCCCC(=O)CCCCCCCCC(C)(CC)[SiH](OC)OC)[SiH](OC)OC. The lowest BCUT2D eigenvalue weighted by atomic mass is 9.98. The quantitative estimate of drug-likeness (QED) is 0.0809. The average Bonchev–Trinajstić information content (AvgIpc) is 2.88. The first-order valence-corrected chi connectivity index (χ1v) is 17.9. The summed E-state index contributed by atoms with van der Waals surface area (Å²) in [5, 5.41) is 0.455. The Bertz CT molecular complexity index is 484. The highest BCUT2D eigenvalue weighted by Crippen LogP contribution is 2.40. The second-order valence-corrected chi connectivity index (χ2v) is 17.4. The molecule has 2 unspecified atom stereocenters. The molecule has 0 N–H and O–H groups in total. The average molecular weight is 547 g/mol. The molecule has 0 aliphatic heterocycles. The van der Waals surface area contributed by atoms with Gasteiger partial charge in [-0.2, -0.15) is 0 Å². The molecule has 0 bridgehead atoms. The molecule has 0 aromatic rings. The van der Waals surface area contributed by atoms with Crippen molar-refractivity contribution in [3.8, 4) is 0 Å². The van der Waals surface area contributed by atoms with Crippen LogP contribution < -0.4 is 0 Å². The Morgan fingerprint density at radius 1 is 0.528 bits per heavy atom. The first-order valence-electron chi connectivity index (χ1n) is 14.9. The van der Waals surface area contributed by atoms with E-state index in [9.17, 15) is 4.79 Å². The zero-order valence-electron chi connectivity index (χ0n) is 25.4. The number of hydrogen-bond donors (Lipinski definition) is 0. The molecule has 0 saturated heterocycles. The molecule has 0 spiro atoms. The van der Waals surface area contributed by atoms with Crippen molar-refractivity contribution in [2.45, 2.75) is 153 Å². The van der Waals surface area contributed by atoms with E-state index in [0.29, 0.717) is 5.78 Å². The summed E-state index contributed by atoms with van der Waals surface area (Å²) in [6.45, 7) is 9.16. The Kier molecular flexibility index (Phi) is 21.8. The molecular weight excluding hydrogens is 484 g/mol. The van der Waals surface area contributed by atoms with E-state index < -0.39 is 18.6 Å². The number of carbonyl (C=O) groups is 1. The van der Waals surface area contributed by atoms with Gasteiger partial charge in [-0.1, -0.05) is 91.9 Å². The molecule has 0 aliphatic carbocycles. The van der Waals surface area contributed by atoms with Crippen LogP contribution in [0.3, 0.4) is 0 Å². The molecular formula is C29H62O5Si2. The lowest BCUT2D eigenvalue weighted by Crippen LogP contribution is -2.34. The fraction of sp³-hybridized carbons (Fsp3) is 0.966. The van der Waals surface area contributed by atoms with Crippen LogP contribution in [0, 0.1) is 0 Å². The number of ketones is 1. The van der Waals surface area contributed by atoms with E-state index in [4.69, 9.17) is 17.7 Å². The van der Waals surface area contributed by atoms with Crippen LogP contribution in [-0.2, 0) is 22.5 Å². The van der Waals surface area contributed by atoms with Gasteiger partial charge in [-0.05, 0) is 38.5 Å². The highest BCUT2D eigenvalue weighted by molar-refractivity contribution is 6.48. The van der Waals surface area contributed by atoms with Crippen LogP contribution in [0.1, 0.15) is 143 Å². The third-order valence-electron chi connectivity index (χ3n) is 8.52. The molecule has 5 nitrogen and oxygen atoms in total.